The quantitative estimate of drug-likeness (QED) is 0.403. The highest BCUT2D eigenvalue weighted by atomic mass is 35.5. The number of benzene rings is 2. The molecule has 0 unspecified atom stereocenters. The molecule has 3 aromatic rings. The Morgan fingerprint density at radius 3 is 2.21 bits per heavy atom. The van der Waals surface area contributed by atoms with E-state index in [0.717, 1.165) is 11.3 Å². The van der Waals surface area contributed by atoms with E-state index in [4.69, 9.17) is 21.5 Å². The van der Waals surface area contributed by atoms with Gasteiger partial charge in [-0.15, -0.1) is 0 Å². The van der Waals surface area contributed by atoms with Gasteiger partial charge in [-0.25, -0.2) is 13.6 Å². The molecule has 1 aliphatic carbocycles. The molecule has 2 N–H and O–H groups in total. The number of rotatable bonds is 7. The molecule has 1 aromatic heterocycles. The van der Waals surface area contributed by atoms with Crippen molar-refractivity contribution in [1.82, 2.24) is 4.57 Å². The largest absolute Gasteiger partial charge is 0.457 e. The van der Waals surface area contributed by atoms with Gasteiger partial charge >= 0.3 is 5.97 Å². The fourth-order valence-corrected chi connectivity index (χ4v) is 4.72. The predicted octanol–water partition coefficient (Wildman–Crippen LogP) is 3.85. The highest BCUT2D eigenvalue weighted by Gasteiger charge is 2.52. The van der Waals surface area contributed by atoms with Gasteiger partial charge in [-0.05, 0) is 74.7 Å². The average Bonchev–Trinajstić information content (AvgIpc) is 3.52. The smallest absolute Gasteiger partial charge is 0.317 e. The standard InChI is InChI=1S/C24H23ClN2O5S/c1-15-13-21(16(2)27(15)19-7-9-20(10-8-19)33(26,30)31)22(28)14-32-23(29)24(11-12-24)17-3-5-18(25)6-4-17/h3-10,13H,11-12,14H2,1-2H3,(H2,26,30,31). The van der Waals surface area contributed by atoms with Crippen molar-refractivity contribution in [1.29, 1.82) is 0 Å². The summed E-state index contributed by atoms with van der Waals surface area (Å²) in [6.07, 6.45) is 1.34. The third-order valence-corrected chi connectivity index (χ3v) is 7.21. The van der Waals surface area contributed by atoms with Gasteiger partial charge in [0.2, 0.25) is 15.8 Å². The second kappa shape index (κ2) is 8.44. The predicted molar refractivity (Wildman–Crippen MR) is 124 cm³/mol. The Balaban J connectivity index is 1.49. The van der Waals surface area contributed by atoms with Crippen LogP contribution in [0.15, 0.2) is 59.5 Å². The highest BCUT2D eigenvalue weighted by molar-refractivity contribution is 7.89. The monoisotopic (exact) mass is 486 g/mol. The van der Waals surface area contributed by atoms with E-state index in [2.05, 4.69) is 0 Å². The van der Waals surface area contributed by atoms with Crippen LogP contribution in [0.25, 0.3) is 5.69 Å². The Labute approximate surface area is 197 Å². The maximum atomic E-state index is 12.9. The van der Waals surface area contributed by atoms with Crippen molar-refractivity contribution in [2.24, 2.45) is 5.14 Å². The van der Waals surface area contributed by atoms with Gasteiger partial charge in [-0.1, -0.05) is 23.7 Å². The summed E-state index contributed by atoms with van der Waals surface area (Å²) in [6, 6.07) is 14.9. The first-order valence-electron chi connectivity index (χ1n) is 10.3. The number of Topliss-reactive ketones (excluding diaryl/α,β-unsaturated/α-hetero) is 1. The number of ketones is 1. The first-order chi connectivity index (χ1) is 15.5. The number of primary sulfonamides is 1. The van der Waals surface area contributed by atoms with E-state index >= 15 is 0 Å². The number of carbonyl (C=O) groups is 2. The Bertz CT molecular complexity index is 1340. The van der Waals surface area contributed by atoms with Crippen LogP contribution in [-0.2, 0) is 25.0 Å². The number of ether oxygens (including phenoxy) is 1. The van der Waals surface area contributed by atoms with Gasteiger partial charge in [0, 0.05) is 27.7 Å². The maximum Gasteiger partial charge on any atom is 0.317 e. The number of hydrogen-bond acceptors (Lipinski definition) is 5. The second-order valence-electron chi connectivity index (χ2n) is 8.25. The number of halogens is 1. The van der Waals surface area contributed by atoms with Crippen molar-refractivity contribution in [2.45, 2.75) is 37.0 Å². The van der Waals surface area contributed by atoms with Gasteiger partial charge in [0.15, 0.2) is 6.61 Å². The molecule has 1 fully saturated rings. The Morgan fingerprint density at radius 2 is 1.67 bits per heavy atom. The second-order valence-corrected chi connectivity index (χ2v) is 10.2. The molecular weight excluding hydrogens is 464 g/mol. The van der Waals surface area contributed by atoms with Crippen LogP contribution in [0.5, 0.6) is 0 Å². The van der Waals surface area contributed by atoms with Crippen LogP contribution in [0.4, 0.5) is 0 Å². The van der Waals surface area contributed by atoms with Crippen molar-refractivity contribution < 1.29 is 22.7 Å². The van der Waals surface area contributed by atoms with Crippen molar-refractivity contribution in [3.05, 3.63) is 82.1 Å². The zero-order valence-corrected chi connectivity index (χ0v) is 19.7. The molecule has 1 heterocycles. The summed E-state index contributed by atoms with van der Waals surface area (Å²) < 4.78 is 30.2. The first-order valence-corrected chi connectivity index (χ1v) is 12.2. The van der Waals surface area contributed by atoms with Crippen LogP contribution in [0.1, 0.15) is 40.2 Å². The van der Waals surface area contributed by atoms with Gasteiger partial charge in [0.1, 0.15) is 0 Å². The molecule has 9 heteroatoms. The lowest BCUT2D eigenvalue weighted by molar-refractivity contribution is -0.145. The average molecular weight is 487 g/mol. The van der Waals surface area contributed by atoms with Crippen LogP contribution in [-0.4, -0.2) is 31.3 Å². The van der Waals surface area contributed by atoms with Gasteiger partial charge in [0.25, 0.3) is 0 Å². The number of sulfonamides is 1. The summed E-state index contributed by atoms with van der Waals surface area (Å²) in [6.45, 7) is 3.26. The Hall–Kier alpha value is -2.94. The Kier molecular flexibility index (Phi) is 5.94. The van der Waals surface area contributed by atoms with E-state index in [-0.39, 0.29) is 17.3 Å². The lowest BCUT2D eigenvalue weighted by Gasteiger charge is -2.15. The minimum Gasteiger partial charge on any atom is -0.457 e. The van der Waals surface area contributed by atoms with E-state index < -0.39 is 21.4 Å². The van der Waals surface area contributed by atoms with Gasteiger partial charge in [-0.2, -0.15) is 0 Å². The zero-order chi connectivity index (χ0) is 24.0. The normalized spacial score (nSPS) is 14.7. The van der Waals surface area contributed by atoms with E-state index in [9.17, 15) is 18.0 Å². The molecule has 7 nitrogen and oxygen atoms in total. The van der Waals surface area contributed by atoms with Crippen molar-refractivity contribution in [2.75, 3.05) is 6.61 Å². The van der Waals surface area contributed by atoms with Crippen molar-refractivity contribution in [3.8, 4) is 5.69 Å². The molecule has 4 rings (SSSR count). The van der Waals surface area contributed by atoms with Crippen LogP contribution in [0, 0.1) is 13.8 Å². The number of aromatic nitrogens is 1. The molecule has 33 heavy (non-hydrogen) atoms. The molecule has 0 amide bonds. The fourth-order valence-electron chi connectivity index (χ4n) is 4.08. The molecule has 1 saturated carbocycles. The lowest BCUT2D eigenvalue weighted by Crippen LogP contribution is -2.26. The molecule has 0 saturated heterocycles. The summed E-state index contributed by atoms with van der Waals surface area (Å²) in [4.78, 5) is 25.7. The summed E-state index contributed by atoms with van der Waals surface area (Å²) in [5, 5.41) is 5.75. The highest BCUT2D eigenvalue weighted by Crippen LogP contribution is 2.49. The molecule has 2 aromatic carbocycles. The minimum atomic E-state index is -3.79. The van der Waals surface area contributed by atoms with Gasteiger partial charge in [-0.3, -0.25) is 9.59 Å². The van der Waals surface area contributed by atoms with Gasteiger partial charge in [0.05, 0.1) is 10.3 Å². The SMILES string of the molecule is Cc1cc(C(=O)COC(=O)C2(c3ccc(Cl)cc3)CC2)c(C)n1-c1ccc(S(N)(=O)=O)cc1. The van der Waals surface area contributed by atoms with E-state index in [1.54, 1.807) is 37.3 Å². The molecule has 1 aliphatic rings. The number of nitrogens with zero attached hydrogens (tertiary/aromatic N) is 1. The van der Waals surface area contributed by atoms with E-state index in [0.29, 0.717) is 34.8 Å². The van der Waals surface area contributed by atoms with E-state index in [1.165, 1.54) is 12.1 Å². The van der Waals surface area contributed by atoms with Gasteiger partial charge < -0.3 is 9.30 Å². The molecule has 172 valence electrons. The molecular formula is C24H23ClN2O5S. The van der Waals surface area contributed by atoms with Crippen LogP contribution >= 0.6 is 11.6 Å². The molecule has 0 bridgehead atoms. The minimum absolute atomic E-state index is 0.00613. The van der Waals surface area contributed by atoms with Crippen LogP contribution in [0.2, 0.25) is 5.02 Å². The number of hydrogen-bond donors (Lipinski definition) is 1. The zero-order valence-electron chi connectivity index (χ0n) is 18.2. The molecule has 0 spiro atoms. The maximum absolute atomic E-state index is 12.9. The fraction of sp³-hybridized carbons (Fsp3) is 0.250. The third kappa shape index (κ3) is 4.46. The number of aryl methyl sites for hydroxylation is 1. The summed E-state index contributed by atoms with van der Waals surface area (Å²) in [5.74, 6) is -0.721. The van der Waals surface area contributed by atoms with Crippen LogP contribution in [0.3, 0.4) is 0 Å². The number of nitrogens with two attached hydrogens (primary N) is 1. The molecule has 0 atom stereocenters. The van der Waals surface area contributed by atoms with Crippen LogP contribution < -0.4 is 5.14 Å². The first kappa shape index (κ1) is 23.2. The number of carbonyl (C=O) groups excluding carboxylic acids is 2. The summed E-state index contributed by atoms with van der Waals surface area (Å²) in [7, 11) is -3.79. The topological polar surface area (TPSA) is 108 Å². The van der Waals surface area contributed by atoms with Crippen molar-refractivity contribution in [3.63, 3.8) is 0 Å². The van der Waals surface area contributed by atoms with Crippen molar-refractivity contribution >= 4 is 33.4 Å². The summed E-state index contributed by atoms with van der Waals surface area (Å²) in [5.41, 5.74) is 2.71. The third-order valence-electron chi connectivity index (χ3n) is 6.03. The Morgan fingerprint density at radius 1 is 1.06 bits per heavy atom. The molecule has 0 radical (unpaired) electrons. The number of esters is 1. The lowest BCUT2D eigenvalue weighted by atomic mass is 9.96. The summed E-state index contributed by atoms with van der Waals surface area (Å²) >= 11 is 5.94. The van der Waals surface area contributed by atoms with E-state index in [1.807, 2.05) is 23.6 Å². The molecule has 0 aliphatic heterocycles.